The molecule has 1 atom stereocenters. The van der Waals surface area contributed by atoms with Crippen molar-refractivity contribution < 1.29 is 28.6 Å². The van der Waals surface area contributed by atoms with Gasteiger partial charge in [0, 0.05) is 19.3 Å². The van der Waals surface area contributed by atoms with E-state index in [4.69, 9.17) is 14.2 Å². The number of hydrogen-bond acceptors (Lipinski definition) is 6. The van der Waals surface area contributed by atoms with E-state index in [9.17, 15) is 14.4 Å². The molecule has 0 heterocycles. The summed E-state index contributed by atoms with van der Waals surface area (Å²) in [6.45, 7) is 6.69. The molecule has 0 fully saturated rings. The van der Waals surface area contributed by atoms with Gasteiger partial charge in [-0.2, -0.15) is 0 Å². The summed E-state index contributed by atoms with van der Waals surface area (Å²) in [6.07, 6.45) is 74.8. The van der Waals surface area contributed by atoms with E-state index in [1.165, 1.54) is 263 Å². The van der Waals surface area contributed by atoms with E-state index in [0.29, 0.717) is 19.3 Å². The Labute approximate surface area is 455 Å². The molecule has 0 rings (SSSR count). The van der Waals surface area contributed by atoms with Crippen molar-refractivity contribution in [1.29, 1.82) is 0 Å². The summed E-state index contributed by atoms with van der Waals surface area (Å²) in [5.74, 6) is -0.854. The Morgan fingerprint density at radius 3 is 0.699 bits per heavy atom. The first-order valence-electron chi connectivity index (χ1n) is 32.8. The van der Waals surface area contributed by atoms with E-state index in [1.807, 2.05) is 0 Å². The minimum atomic E-state index is -0.772. The minimum absolute atomic E-state index is 0.0700. The Morgan fingerprint density at radius 2 is 0.452 bits per heavy atom. The van der Waals surface area contributed by atoms with Crippen LogP contribution in [-0.4, -0.2) is 37.2 Å². The number of unbranched alkanes of at least 4 members (excludes halogenated alkanes) is 46. The average Bonchev–Trinajstić information content (AvgIpc) is 3.39. The van der Waals surface area contributed by atoms with Gasteiger partial charge in [0.15, 0.2) is 6.10 Å². The van der Waals surface area contributed by atoms with Crippen LogP contribution in [0.1, 0.15) is 367 Å². The highest BCUT2D eigenvalue weighted by Gasteiger charge is 2.19. The lowest BCUT2D eigenvalue weighted by molar-refractivity contribution is -0.167. The van der Waals surface area contributed by atoms with Crippen LogP contribution in [0.15, 0.2) is 24.3 Å². The molecule has 6 heteroatoms. The molecule has 1 unspecified atom stereocenters. The second kappa shape index (κ2) is 62.4. The third-order valence-electron chi connectivity index (χ3n) is 14.9. The molecular weight excluding hydrogens is 901 g/mol. The lowest BCUT2D eigenvalue weighted by Gasteiger charge is -2.18. The predicted molar refractivity (Wildman–Crippen MR) is 316 cm³/mol. The fourth-order valence-corrected chi connectivity index (χ4v) is 9.97. The van der Waals surface area contributed by atoms with E-state index in [1.54, 1.807) is 0 Å². The van der Waals surface area contributed by atoms with Gasteiger partial charge in [-0.25, -0.2) is 0 Å². The van der Waals surface area contributed by atoms with Gasteiger partial charge >= 0.3 is 17.9 Å². The SMILES string of the molecule is CCCCCC/C=C\CCCCCCCC(=O)OCC(COC(=O)CCCCCCCCCCC/C=C\CCCCCCCCCC)OC(=O)CCCCCCCCCCCCCCCCCCCCCCC. The molecule has 430 valence electrons. The van der Waals surface area contributed by atoms with E-state index < -0.39 is 6.10 Å². The fourth-order valence-electron chi connectivity index (χ4n) is 9.97. The summed E-state index contributed by atoms with van der Waals surface area (Å²) in [7, 11) is 0. The number of allylic oxidation sites excluding steroid dienone is 4. The molecule has 0 aromatic rings. The third-order valence-corrected chi connectivity index (χ3v) is 14.9. The van der Waals surface area contributed by atoms with Gasteiger partial charge in [0.05, 0.1) is 0 Å². The first kappa shape index (κ1) is 70.9. The van der Waals surface area contributed by atoms with Gasteiger partial charge in [0.25, 0.3) is 0 Å². The first-order valence-corrected chi connectivity index (χ1v) is 32.8. The van der Waals surface area contributed by atoms with Crippen LogP contribution in [0.4, 0.5) is 0 Å². The quantitative estimate of drug-likeness (QED) is 0.0261. The van der Waals surface area contributed by atoms with Crippen molar-refractivity contribution in [2.75, 3.05) is 13.2 Å². The predicted octanol–water partition coefficient (Wildman–Crippen LogP) is 22.2. The highest BCUT2D eigenvalue weighted by Crippen LogP contribution is 2.18. The molecule has 0 bridgehead atoms. The summed E-state index contributed by atoms with van der Waals surface area (Å²) in [5, 5.41) is 0. The topological polar surface area (TPSA) is 78.9 Å². The van der Waals surface area contributed by atoms with E-state index in [0.717, 1.165) is 64.2 Å². The lowest BCUT2D eigenvalue weighted by atomic mass is 10.0. The molecule has 0 aliphatic heterocycles. The Hall–Kier alpha value is -2.11. The molecule has 0 aliphatic carbocycles. The second-order valence-corrected chi connectivity index (χ2v) is 22.4. The largest absolute Gasteiger partial charge is 0.462 e. The standard InChI is InChI=1S/C67H126O6/c1-4-7-10-13-16-19-22-25-27-29-31-33-35-37-39-42-45-48-51-54-57-60-66(69)72-63-64(62-71-65(68)59-56-53-50-47-44-41-24-21-18-15-12-9-6-3)73-67(70)61-58-55-52-49-46-43-40-38-36-34-32-30-28-26-23-20-17-14-11-8-5-2/h21,24,29,31,64H,4-20,22-23,25-28,30,32-63H2,1-3H3/b24-21-,31-29-. The van der Waals surface area contributed by atoms with Crippen LogP contribution in [-0.2, 0) is 28.6 Å². The van der Waals surface area contributed by atoms with Crippen molar-refractivity contribution >= 4 is 17.9 Å². The Balaban J connectivity index is 4.27. The first-order chi connectivity index (χ1) is 36.0. The molecule has 0 spiro atoms. The maximum atomic E-state index is 12.9. The molecule has 0 saturated heterocycles. The molecule has 73 heavy (non-hydrogen) atoms. The van der Waals surface area contributed by atoms with Crippen molar-refractivity contribution in [1.82, 2.24) is 0 Å². The zero-order chi connectivity index (χ0) is 52.9. The van der Waals surface area contributed by atoms with Gasteiger partial charge in [0.2, 0.25) is 0 Å². The molecule has 0 aromatic carbocycles. The maximum Gasteiger partial charge on any atom is 0.306 e. The molecule has 0 aromatic heterocycles. The monoisotopic (exact) mass is 1030 g/mol. The van der Waals surface area contributed by atoms with E-state index in [-0.39, 0.29) is 31.1 Å². The lowest BCUT2D eigenvalue weighted by Crippen LogP contribution is -2.30. The third kappa shape index (κ3) is 60.6. The summed E-state index contributed by atoms with van der Waals surface area (Å²) in [6, 6.07) is 0. The molecule has 0 amide bonds. The van der Waals surface area contributed by atoms with Crippen LogP contribution in [0.2, 0.25) is 0 Å². The normalized spacial score (nSPS) is 12.1. The van der Waals surface area contributed by atoms with E-state index in [2.05, 4.69) is 45.1 Å². The Morgan fingerprint density at radius 1 is 0.260 bits per heavy atom. The minimum Gasteiger partial charge on any atom is -0.462 e. The zero-order valence-corrected chi connectivity index (χ0v) is 49.4. The van der Waals surface area contributed by atoms with Gasteiger partial charge < -0.3 is 14.2 Å². The van der Waals surface area contributed by atoms with Crippen LogP contribution in [0.3, 0.4) is 0 Å². The van der Waals surface area contributed by atoms with Crippen molar-refractivity contribution in [3.63, 3.8) is 0 Å². The van der Waals surface area contributed by atoms with Crippen molar-refractivity contribution in [2.24, 2.45) is 0 Å². The summed E-state index contributed by atoms with van der Waals surface area (Å²) < 4.78 is 16.9. The maximum absolute atomic E-state index is 12.9. The second-order valence-electron chi connectivity index (χ2n) is 22.4. The summed E-state index contributed by atoms with van der Waals surface area (Å²) >= 11 is 0. The summed E-state index contributed by atoms with van der Waals surface area (Å²) in [4.78, 5) is 38.3. The Bertz CT molecular complexity index is 1180. The number of ether oxygens (including phenoxy) is 3. The highest BCUT2D eigenvalue weighted by molar-refractivity contribution is 5.71. The summed E-state index contributed by atoms with van der Waals surface area (Å²) in [5.41, 5.74) is 0. The highest BCUT2D eigenvalue weighted by atomic mass is 16.6. The number of carbonyl (C=O) groups is 3. The fraction of sp³-hybridized carbons (Fsp3) is 0.896. The van der Waals surface area contributed by atoms with Crippen LogP contribution in [0.5, 0.6) is 0 Å². The van der Waals surface area contributed by atoms with Crippen LogP contribution < -0.4 is 0 Å². The number of rotatable bonds is 61. The van der Waals surface area contributed by atoms with Gasteiger partial charge in [-0.05, 0) is 70.6 Å². The van der Waals surface area contributed by atoms with Crippen molar-refractivity contribution in [2.45, 2.75) is 374 Å². The number of esters is 3. The molecule has 0 aliphatic rings. The van der Waals surface area contributed by atoms with Crippen molar-refractivity contribution in [3.8, 4) is 0 Å². The molecule has 0 saturated carbocycles. The van der Waals surface area contributed by atoms with Crippen LogP contribution in [0, 0.1) is 0 Å². The number of hydrogen-bond donors (Lipinski definition) is 0. The van der Waals surface area contributed by atoms with Gasteiger partial charge in [-0.1, -0.05) is 302 Å². The van der Waals surface area contributed by atoms with Crippen LogP contribution >= 0.6 is 0 Å². The molecule has 0 radical (unpaired) electrons. The Kier molecular flexibility index (Phi) is 60.6. The number of carbonyl (C=O) groups excluding carboxylic acids is 3. The average molecular weight is 1030 g/mol. The van der Waals surface area contributed by atoms with Gasteiger partial charge in [-0.15, -0.1) is 0 Å². The van der Waals surface area contributed by atoms with E-state index >= 15 is 0 Å². The zero-order valence-electron chi connectivity index (χ0n) is 49.4. The molecule has 6 nitrogen and oxygen atoms in total. The van der Waals surface area contributed by atoms with Crippen LogP contribution in [0.25, 0.3) is 0 Å². The van der Waals surface area contributed by atoms with Gasteiger partial charge in [-0.3, -0.25) is 14.4 Å². The smallest absolute Gasteiger partial charge is 0.306 e. The molecular formula is C67H126O6. The van der Waals surface area contributed by atoms with Gasteiger partial charge in [0.1, 0.15) is 13.2 Å². The molecule has 0 N–H and O–H groups in total. The van der Waals surface area contributed by atoms with Crippen molar-refractivity contribution in [3.05, 3.63) is 24.3 Å².